The Balaban J connectivity index is 1.89. The molecule has 0 atom stereocenters. The Morgan fingerprint density at radius 3 is 2.38 bits per heavy atom. The third kappa shape index (κ3) is 3.57. The van der Waals surface area contributed by atoms with E-state index in [1.165, 1.54) is 0 Å². The normalized spacial score (nSPS) is 11.3. The molecule has 0 aliphatic rings. The molecular formula is C19H20N2O4S. The number of aryl methyl sites for hydroxylation is 2. The van der Waals surface area contributed by atoms with Gasteiger partial charge in [0.15, 0.2) is 0 Å². The minimum Gasteiger partial charge on any atom is -0.492 e. The van der Waals surface area contributed by atoms with E-state index in [-0.39, 0.29) is 4.90 Å². The van der Waals surface area contributed by atoms with Gasteiger partial charge in [0.05, 0.1) is 22.9 Å². The molecule has 2 aromatic carbocycles. The van der Waals surface area contributed by atoms with Crippen molar-refractivity contribution < 1.29 is 17.7 Å². The summed E-state index contributed by atoms with van der Waals surface area (Å²) < 4.78 is 38.6. The van der Waals surface area contributed by atoms with Gasteiger partial charge >= 0.3 is 0 Å². The molecule has 26 heavy (non-hydrogen) atoms. The van der Waals surface area contributed by atoms with Gasteiger partial charge in [0.2, 0.25) is 0 Å². The Hall–Kier alpha value is -2.80. The van der Waals surface area contributed by atoms with Crippen LogP contribution >= 0.6 is 0 Å². The highest BCUT2D eigenvalue weighted by atomic mass is 32.2. The Labute approximate surface area is 152 Å². The first-order valence-corrected chi connectivity index (χ1v) is 9.68. The number of nitrogens with one attached hydrogen (secondary N) is 1. The molecule has 0 radical (unpaired) electrons. The van der Waals surface area contributed by atoms with E-state index in [0.29, 0.717) is 23.8 Å². The van der Waals surface area contributed by atoms with Crippen LogP contribution in [0, 0.1) is 13.8 Å². The van der Waals surface area contributed by atoms with E-state index < -0.39 is 10.0 Å². The number of rotatable bonds is 6. The number of hydrogen-bond donors (Lipinski definition) is 1. The van der Waals surface area contributed by atoms with Gasteiger partial charge in [-0.2, -0.15) is 0 Å². The molecular weight excluding hydrogens is 352 g/mol. The first-order chi connectivity index (χ1) is 12.4. The number of nitrogens with zero attached hydrogens (tertiary/aromatic N) is 1. The summed E-state index contributed by atoms with van der Waals surface area (Å²) in [6.07, 6.45) is 0. The summed E-state index contributed by atoms with van der Waals surface area (Å²) in [7, 11) is -3.73. The monoisotopic (exact) mass is 372 g/mol. The van der Waals surface area contributed by atoms with Gasteiger partial charge in [0.25, 0.3) is 10.0 Å². The summed E-state index contributed by atoms with van der Waals surface area (Å²) in [6.45, 7) is 5.97. The molecule has 1 aromatic heterocycles. The van der Waals surface area contributed by atoms with Crippen molar-refractivity contribution in [1.29, 1.82) is 0 Å². The number of hydrogen-bond acceptors (Lipinski definition) is 5. The number of para-hydroxylation sites is 2. The van der Waals surface area contributed by atoms with Gasteiger partial charge in [0, 0.05) is 5.56 Å². The molecule has 3 rings (SSSR count). The molecule has 0 bridgehead atoms. The Kier molecular flexibility index (Phi) is 4.99. The fourth-order valence-electron chi connectivity index (χ4n) is 2.73. The van der Waals surface area contributed by atoms with Gasteiger partial charge in [-0.25, -0.2) is 8.42 Å². The fraction of sp³-hybridized carbons (Fsp3) is 0.211. The predicted octanol–water partition coefficient (Wildman–Crippen LogP) is 4.16. The number of anilines is 1. The van der Waals surface area contributed by atoms with Crippen molar-refractivity contribution in [1.82, 2.24) is 5.16 Å². The van der Waals surface area contributed by atoms with E-state index in [1.54, 1.807) is 48.5 Å². The molecule has 6 nitrogen and oxygen atoms in total. The second-order valence-electron chi connectivity index (χ2n) is 5.76. The third-order valence-electron chi connectivity index (χ3n) is 3.92. The largest absolute Gasteiger partial charge is 0.492 e. The van der Waals surface area contributed by atoms with Crippen molar-refractivity contribution in [3.05, 3.63) is 60.0 Å². The summed E-state index contributed by atoms with van der Waals surface area (Å²) in [5, 5.41) is 3.93. The van der Waals surface area contributed by atoms with E-state index in [9.17, 15) is 8.42 Å². The van der Waals surface area contributed by atoms with E-state index in [4.69, 9.17) is 9.26 Å². The lowest BCUT2D eigenvalue weighted by molar-refractivity contribution is 0.342. The average molecular weight is 372 g/mol. The summed E-state index contributed by atoms with van der Waals surface area (Å²) in [5.41, 5.74) is 2.91. The number of benzene rings is 2. The number of aromatic nitrogens is 1. The lowest BCUT2D eigenvalue weighted by Crippen LogP contribution is -2.13. The molecule has 7 heteroatoms. The van der Waals surface area contributed by atoms with Crippen molar-refractivity contribution in [2.75, 3.05) is 11.3 Å². The predicted molar refractivity (Wildman–Crippen MR) is 99.8 cm³/mol. The van der Waals surface area contributed by atoms with Gasteiger partial charge in [-0.15, -0.1) is 0 Å². The van der Waals surface area contributed by atoms with E-state index in [2.05, 4.69) is 9.88 Å². The van der Waals surface area contributed by atoms with Crippen molar-refractivity contribution in [2.45, 2.75) is 25.7 Å². The van der Waals surface area contributed by atoms with Gasteiger partial charge in [-0.3, -0.25) is 4.72 Å². The van der Waals surface area contributed by atoms with Crippen LogP contribution in [0.4, 0.5) is 5.69 Å². The first kappa shape index (κ1) is 18.0. The molecule has 0 fully saturated rings. The Morgan fingerprint density at radius 2 is 1.77 bits per heavy atom. The maximum atomic E-state index is 12.7. The van der Waals surface area contributed by atoms with E-state index >= 15 is 0 Å². The summed E-state index contributed by atoms with van der Waals surface area (Å²) in [6, 6.07) is 13.6. The zero-order valence-corrected chi connectivity index (χ0v) is 15.6. The highest BCUT2D eigenvalue weighted by Gasteiger charge is 2.18. The van der Waals surface area contributed by atoms with E-state index in [0.717, 1.165) is 16.8 Å². The molecule has 0 spiro atoms. The quantitative estimate of drug-likeness (QED) is 0.703. The maximum absolute atomic E-state index is 12.7. The van der Waals surface area contributed by atoms with Crippen LogP contribution in [0.25, 0.3) is 11.1 Å². The van der Waals surface area contributed by atoms with Crippen LogP contribution in [0.5, 0.6) is 5.75 Å². The van der Waals surface area contributed by atoms with Gasteiger partial charge in [0.1, 0.15) is 11.5 Å². The molecule has 1 N–H and O–H groups in total. The molecule has 3 aromatic rings. The molecule has 0 saturated heterocycles. The van der Waals surface area contributed by atoms with Crippen molar-refractivity contribution in [3.63, 3.8) is 0 Å². The average Bonchev–Trinajstić information content (AvgIpc) is 2.95. The van der Waals surface area contributed by atoms with Crippen molar-refractivity contribution in [3.8, 4) is 16.9 Å². The van der Waals surface area contributed by atoms with Gasteiger partial charge in [-0.1, -0.05) is 29.4 Å². The first-order valence-electron chi connectivity index (χ1n) is 8.20. The van der Waals surface area contributed by atoms with Crippen molar-refractivity contribution in [2.24, 2.45) is 0 Å². The van der Waals surface area contributed by atoms with Crippen LogP contribution in [0.3, 0.4) is 0 Å². The molecule has 0 saturated carbocycles. The van der Waals surface area contributed by atoms with Crippen LogP contribution in [-0.4, -0.2) is 20.2 Å². The third-order valence-corrected chi connectivity index (χ3v) is 5.30. The number of sulfonamides is 1. The molecule has 1 heterocycles. The van der Waals surface area contributed by atoms with Gasteiger partial charge in [-0.05, 0) is 50.6 Å². The minimum absolute atomic E-state index is 0.166. The molecule has 136 valence electrons. The van der Waals surface area contributed by atoms with Crippen molar-refractivity contribution >= 4 is 15.7 Å². The van der Waals surface area contributed by atoms with Crippen LogP contribution < -0.4 is 9.46 Å². The lowest BCUT2D eigenvalue weighted by Gasteiger charge is -2.13. The Bertz CT molecular complexity index is 989. The standard InChI is InChI=1S/C19H20N2O4S/c1-4-24-18-8-6-5-7-17(18)21-26(22,23)16-11-9-15(10-12-16)19-13(2)20-25-14(19)3/h5-12,21H,4H2,1-3H3. The van der Waals surface area contributed by atoms with Crippen LogP contribution in [-0.2, 0) is 10.0 Å². The second-order valence-corrected chi connectivity index (χ2v) is 7.44. The van der Waals surface area contributed by atoms with Gasteiger partial charge < -0.3 is 9.26 Å². The van der Waals surface area contributed by atoms with E-state index in [1.807, 2.05) is 20.8 Å². The number of ether oxygens (including phenoxy) is 1. The minimum atomic E-state index is -3.73. The molecule has 0 aliphatic carbocycles. The smallest absolute Gasteiger partial charge is 0.262 e. The summed E-state index contributed by atoms with van der Waals surface area (Å²) in [5.74, 6) is 1.19. The highest BCUT2D eigenvalue weighted by molar-refractivity contribution is 7.92. The van der Waals surface area contributed by atoms with Crippen LogP contribution in [0.1, 0.15) is 18.4 Å². The highest BCUT2D eigenvalue weighted by Crippen LogP contribution is 2.29. The maximum Gasteiger partial charge on any atom is 0.262 e. The SMILES string of the molecule is CCOc1ccccc1NS(=O)(=O)c1ccc(-c2c(C)noc2C)cc1. The zero-order chi connectivity index (χ0) is 18.7. The van der Waals surface area contributed by atoms with Crippen LogP contribution in [0.15, 0.2) is 57.9 Å². The van der Waals surface area contributed by atoms with Crippen LogP contribution in [0.2, 0.25) is 0 Å². The second kappa shape index (κ2) is 7.21. The molecule has 0 unspecified atom stereocenters. The lowest BCUT2D eigenvalue weighted by atomic mass is 10.0. The fourth-order valence-corrected chi connectivity index (χ4v) is 3.80. The topological polar surface area (TPSA) is 81.4 Å². The molecule has 0 amide bonds. The summed E-state index contributed by atoms with van der Waals surface area (Å²) >= 11 is 0. The summed E-state index contributed by atoms with van der Waals surface area (Å²) in [4.78, 5) is 0.166. The zero-order valence-electron chi connectivity index (χ0n) is 14.8. The molecule has 0 aliphatic heterocycles. The Morgan fingerprint density at radius 1 is 1.08 bits per heavy atom.